The largest absolute Gasteiger partial charge is 0.465 e. The van der Waals surface area contributed by atoms with Gasteiger partial charge in [0.25, 0.3) is 5.91 Å². The highest BCUT2D eigenvalue weighted by molar-refractivity contribution is 6.03. The van der Waals surface area contributed by atoms with Crippen LogP contribution in [0.4, 0.5) is 10.5 Å². The first-order valence-corrected chi connectivity index (χ1v) is 5.96. The standard InChI is InChI=1S/C13H16N2O3/c1-14(13(17)18)11-7-3-2-6-10(11)12(16)15-8-4-5-9-15/h2-3,6-7H,4-5,8-9H2,1H3,(H,17,18). The van der Waals surface area contributed by atoms with Gasteiger partial charge in [-0.2, -0.15) is 0 Å². The number of hydrogen-bond donors (Lipinski definition) is 1. The maximum absolute atomic E-state index is 12.3. The molecule has 96 valence electrons. The van der Waals surface area contributed by atoms with Gasteiger partial charge in [0.1, 0.15) is 0 Å². The molecule has 18 heavy (non-hydrogen) atoms. The molecule has 1 aliphatic heterocycles. The van der Waals surface area contributed by atoms with Crippen molar-refractivity contribution in [1.29, 1.82) is 0 Å². The molecule has 0 atom stereocenters. The van der Waals surface area contributed by atoms with E-state index in [-0.39, 0.29) is 5.91 Å². The van der Waals surface area contributed by atoms with Crippen molar-refractivity contribution < 1.29 is 14.7 Å². The molecule has 0 bridgehead atoms. The minimum Gasteiger partial charge on any atom is -0.465 e. The van der Waals surface area contributed by atoms with Gasteiger partial charge in [0.15, 0.2) is 0 Å². The molecule has 2 rings (SSSR count). The molecule has 5 nitrogen and oxygen atoms in total. The Balaban J connectivity index is 2.32. The van der Waals surface area contributed by atoms with E-state index in [4.69, 9.17) is 5.11 Å². The summed E-state index contributed by atoms with van der Waals surface area (Å²) in [5.41, 5.74) is 0.881. The molecule has 0 radical (unpaired) electrons. The zero-order valence-electron chi connectivity index (χ0n) is 10.3. The first-order chi connectivity index (χ1) is 8.61. The van der Waals surface area contributed by atoms with E-state index >= 15 is 0 Å². The van der Waals surface area contributed by atoms with Crippen molar-refractivity contribution in [2.45, 2.75) is 12.8 Å². The molecule has 1 heterocycles. The molecule has 1 N–H and O–H groups in total. The third-order valence-electron chi connectivity index (χ3n) is 3.18. The van der Waals surface area contributed by atoms with Crippen LogP contribution in [0.5, 0.6) is 0 Å². The van der Waals surface area contributed by atoms with Crippen LogP contribution in [0.3, 0.4) is 0 Å². The fourth-order valence-corrected chi connectivity index (χ4v) is 2.14. The van der Waals surface area contributed by atoms with Crippen LogP contribution in [0.1, 0.15) is 23.2 Å². The number of para-hydroxylation sites is 1. The van der Waals surface area contributed by atoms with Gasteiger partial charge >= 0.3 is 6.09 Å². The average Bonchev–Trinajstić information content (AvgIpc) is 2.90. The lowest BCUT2D eigenvalue weighted by molar-refractivity contribution is 0.0793. The molecule has 1 aliphatic rings. The van der Waals surface area contributed by atoms with Crippen LogP contribution >= 0.6 is 0 Å². The number of hydrogen-bond acceptors (Lipinski definition) is 2. The topological polar surface area (TPSA) is 60.9 Å². The summed E-state index contributed by atoms with van der Waals surface area (Å²) in [5.74, 6) is -0.0869. The third-order valence-corrected chi connectivity index (χ3v) is 3.18. The smallest absolute Gasteiger partial charge is 0.411 e. The summed E-state index contributed by atoms with van der Waals surface area (Å²) in [5, 5.41) is 9.01. The zero-order chi connectivity index (χ0) is 13.1. The Bertz CT molecular complexity index is 467. The Morgan fingerprint density at radius 3 is 2.44 bits per heavy atom. The number of rotatable bonds is 2. The number of likely N-dealkylation sites (tertiary alicyclic amines) is 1. The molecule has 1 aromatic rings. The molecule has 0 aliphatic carbocycles. The van der Waals surface area contributed by atoms with Gasteiger partial charge in [-0.1, -0.05) is 12.1 Å². The molecular weight excluding hydrogens is 232 g/mol. The highest BCUT2D eigenvalue weighted by Gasteiger charge is 2.23. The monoisotopic (exact) mass is 248 g/mol. The first kappa shape index (κ1) is 12.4. The van der Waals surface area contributed by atoms with Crippen LogP contribution in [0, 0.1) is 0 Å². The number of nitrogens with zero attached hydrogens (tertiary/aromatic N) is 2. The van der Waals surface area contributed by atoms with Gasteiger partial charge in [0, 0.05) is 20.1 Å². The summed E-state index contributed by atoms with van der Waals surface area (Å²) in [6, 6.07) is 6.81. The van der Waals surface area contributed by atoms with Crippen molar-refractivity contribution in [1.82, 2.24) is 4.90 Å². The van der Waals surface area contributed by atoms with Crippen LogP contribution in [-0.2, 0) is 0 Å². The van der Waals surface area contributed by atoms with Gasteiger partial charge in [-0.15, -0.1) is 0 Å². The molecule has 0 unspecified atom stereocenters. The molecule has 0 spiro atoms. The van der Waals surface area contributed by atoms with Gasteiger partial charge in [0.05, 0.1) is 11.3 Å². The van der Waals surface area contributed by atoms with E-state index in [0.717, 1.165) is 30.8 Å². The lowest BCUT2D eigenvalue weighted by Crippen LogP contribution is -2.31. The fraction of sp³-hybridized carbons (Fsp3) is 0.385. The second-order valence-electron chi connectivity index (χ2n) is 4.36. The van der Waals surface area contributed by atoms with E-state index in [9.17, 15) is 9.59 Å². The van der Waals surface area contributed by atoms with Crippen LogP contribution in [0.15, 0.2) is 24.3 Å². The fourth-order valence-electron chi connectivity index (χ4n) is 2.14. The summed E-state index contributed by atoms with van der Waals surface area (Å²) < 4.78 is 0. The number of carbonyl (C=O) groups is 2. The SMILES string of the molecule is CN(C(=O)O)c1ccccc1C(=O)N1CCCC1. The van der Waals surface area contributed by atoms with Crippen molar-refractivity contribution in [3.8, 4) is 0 Å². The van der Waals surface area contributed by atoms with E-state index in [0.29, 0.717) is 11.3 Å². The van der Waals surface area contributed by atoms with E-state index in [1.54, 1.807) is 29.2 Å². The summed E-state index contributed by atoms with van der Waals surface area (Å²) in [6.45, 7) is 1.51. The van der Waals surface area contributed by atoms with Crippen molar-refractivity contribution in [3.05, 3.63) is 29.8 Å². The Morgan fingerprint density at radius 2 is 1.83 bits per heavy atom. The van der Waals surface area contributed by atoms with Crippen LogP contribution in [-0.4, -0.2) is 42.1 Å². The number of benzene rings is 1. The van der Waals surface area contributed by atoms with Gasteiger partial charge in [0.2, 0.25) is 0 Å². The summed E-state index contributed by atoms with van der Waals surface area (Å²) in [6.07, 6.45) is 0.961. The van der Waals surface area contributed by atoms with E-state index < -0.39 is 6.09 Å². The van der Waals surface area contributed by atoms with Gasteiger partial charge in [-0.3, -0.25) is 9.69 Å². The van der Waals surface area contributed by atoms with Crippen LogP contribution < -0.4 is 4.90 Å². The normalized spacial score (nSPS) is 14.6. The highest BCUT2D eigenvalue weighted by atomic mass is 16.4. The second kappa shape index (κ2) is 5.08. The number of carbonyl (C=O) groups excluding carboxylic acids is 1. The molecule has 5 heteroatoms. The van der Waals surface area contributed by atoms with Crippen LogP contribution in [0.2, 0.25) is 0 Å². The summed E-state index contributed by atoms with van der Waals surface area (Å²) in [4.78, 5) is 26.1. The van der Waals surface area contributed by atoms with Crippen molar-refractivity contribution in [2.75, 3.05) is 25.0 Å². The predicted molar refractivity (Wildman–Crippen MR) is 68.0 cm³/mol. The minimum absolute atomic E-state index is 0.0869. The lowest BCUT2D eigenvalue weighted by atomic mass is 10.1. The van der Waals surface area contributed by atoms with Crippen LogP contribution in [0.25, 0.3) is 0 Å². The highest BCUT2D eigenvalue weighted by Crippen LogP contribution is 2.22. The summed E-state index contributed by atoms with van der Waals surface area (Å²) >= 11 is 0. The zero-order valence-corrected chi connectivity index (χ0v) is 10.3. The minimum atomic E-state index is -1.07. The number of anilines is 1. The maximum Gasteiger partial charge on any atom is 0.411 e. The van der Waals surface area contributed by atoms with Gasteiger partial charge < -0.3 is 10.0 Å². The van der Waals surface area contributed by atoms with Crippen molar-refractivity contribution in [3.63, 3.8) is 0 Å². The average molecular weight is 248 g/mol. The molecule has 0 saturated carbocycles. The molecular formula is C13H16N2O3. The molecule has 2 amide bonds. The summed E-state index contributed by atoms with van der Waals surface area (Å²) in [7, 11) is 1.44. The van der Waals surface area contributed by atoms with Crippen molar-refractivity contribution in [2.24, 2.45) is 0 Å². The Hall–Kier alpha value is -2.04. The first-order valence-electron chi connectivity index (χ1n) is 5.96. The quantitative estimate of drug-likeness (QED) is 0.871. The number of carboxylic acid groups (broad SMARTS) is 1. The Labute approximate surface area is 106 Å². The van der Waals surface area contributed by atoms with E-state index in [2.05, 4.69) is 0 Å². The predicted octanol–water partition coefficient (Wildman–Crippen LogP) is 2.04. The molecule has 0 aromatic heterocycles. The lowest BCUT2D eigenvalue weighted by Gasteiger charge is -2.21. The van der Waals surface area contributed by atoms with Gasteiger partial charge in [-0.05, 0) is 25.0 Å². The van der Waals surface area contributed by atoms with E-state index in [1.807, 2.05) is 0 Å². The maximum atomic E-state index is 12.3. The molecule has 1 saturated heterocycles. The number of amides is 2. The third kappa shape index (κ3) is 2.30. The second-order valence-corrected chi connectivity index (χ2v) is 4.36. The Morgan fingerprint density at radius 1 is 1.22 bits per heavy atom. The molecule has 1 fully saturated rings. The van der Waals surface area contributed by atoms with Crippen molar-refractivity contribution >= 4 is 17.7 Å². The Kier molecular flexibility index (Phi) is 3.50. The van der Waals surface area contributed by atoms with Gasteiger partial charge in [-0.25, -0.2) is 4.79 Å². The van der Waals surface area contributed by atoms with E-state index in [1.165, 1.54) is 7.05 Å². The molecule has 1 aromatic carbocycles.